The second-order valence-electron chi connectivity index (χ2n) is 12.3. The summed E-state index contributed by atoms with van der Waals surface area (Å²) in [6, 6.07) is 16.9. The summed E-state index contributed by atoms with van der Waals surface area (Å²) in [5.74, 6) is -1.69. The monoisotopic (exact) mass is 592 g/mol. The molecule has 0 radical (unpaired) electrons. The Hall–Kier alpha value is -2.68. The Kier molecular flexibility index (Phi) is 6.91. The van der Waals surface area contributed by atoms with Gasteiger partial charge >= 0.3 is 5.97 Å². The molecular formula is C33H33FO5S2. The normalized spacial score (nSPS) is 37.4. The molecule has 0 saturated heterocycles. The predicted octanol–water partition coefficient (Wildman–Crippen LogP) is 6.56. The van der Waals surface area contributed by atoms with Gasteiger partial charge in [0.15, 0.2) is 17.1 Å². The summed E-state index contributed by atoms with van der Waals surface area (Å²) in [4.78, 5) is 40.9. The number of hydrogen-bond acceptors (Lipinski definition) is 6. The van der Waals surface area contributed by atoms with Gasteiger partial charge in [0.25, 0.3) is 0 Å². The fourth-order valence-corrected chi connectivity index (χ4v) is 9.42. The molecule has 0 aromatic heterocycles. The summed E-state index contributed by atoms with van der Waals surface area (Å²) in [5, 5.41) is 11.0. The Labute approximate surface area is 249 Å². The molecular weight excluding hydrogens is 559 g/mol. The van der Waals surface area contributed by atoms with Gasteiger partial charge in [-0.15, -0.1) is 12.6 Å². The predicted molar refractivity (Wildman–Crippen MR) is 158 cm³/mol. The number of aliphatic hydroxyl groups is 1. The zero-order chi connectivity index (χ0) is 29.2. The summed E-state index contributed by atoms with van der Waals surface area (Å²) in [6.07, 6.45) is 4.59. The zero-order valence-electron chi connectivity index (χ0n) is 23.0. The third kappa shape index (κ3) is 4.12. The van der Waals surface area contributed by atoms with E-state index in [1.165, 1.54) is 6.08 Å². The maximum Gasteiger partial charge on any atom is 0.339 e. The number of allylic oxidation sites excluding steroid dienone is 4. The molecule has 0 aliphatic heterocycles. The smallest absolute Gasteiger partial charge is 0.339 e. The third-order valence-electron chi connectivity index (χ3n) is 10.4. The van der Waals surface area contributed by atoms with Gasteiger partial charge in [0.2, 0.25) is 5.12 Å². The van der Waals surface area contributed by atoms with Crippen LogP contribution in [-0.4, -0.2) is 39.3 Å². The lowest BCUT2D eigenvalue weighted by Crippen LogP contribution is -2.68. The van der Waals surface area contributed by atoms with Gasteiger partial charge in [0.05, 0.1) is 11.7 Å². The van der Waals surface area contributed by atoms with Crippen LogP contribution in [0.2, 0.25) is 0 Å². The van der Waals surface area contributed by atoms with Crippen LogP contribution in [0.5, 0.6) is 0 Å². The molecule has 4 aliphatic carbocycles. The van der Waals surface area contributed by atoms with Crippen LogP contribution in [0, 0.1) is 22.7 Å². The van der Waals surface area contributed by atoms with E-state index in [9.17, 15) is 19.5 Å². The average molecular weight is 593 g/mol. The van der Waals surface area contributed by atoms with Crippen molar-refractivity contribution in [3.05, 3.63) is 84.0 Å². The van der Waals surface area contributed by atoms with E-state index < -0.39 is 45.2 Å². The van der Waals surface area contributed by atoms with E-state index >= 15 is 4.39 Å². The molecule has 0 heterocycles. The molecule has 0 unspecified atom stereocenters. The Bertz CT molecular complexity index is 1470. The van der Waals surface area contributed by atoms with Crippen LogP contribution < -0.4 is 0 Å². The number of ketones is 1. The van der Waals surface area contributed by atoms with Crippen LogP contribution in [0.25, 0.3) is 0 Å². The fourth-order valence-electron chi connectivity index (χ4n) is 8.17. The first kappa shape index (κ1) is 28.4. The molecule has 0 spiro atoms. The number of fused-ring (bicyclic) bond motifs is 5. The lowest BCUT2D eigenvalue weighted by molar-refractivity contribution is -0.209. The Morgan fingerprint density at radius 2 is 1.73 bits per heavy atom. The Balaban J connectivity index is 1.29. The van der Waals surface area contributed by atoms with E-state index in [1.54, 1.807) is 36.9 Å². The second kappa shape index (κ2) is 9.96. The van der Waals surface area contributed by atoms with Crippen molar-refractivity contribution in [2.24, 2.45) is 22.7 Å². The van der Waals surface area contributed by atoms with Gasteiger partial charge < -0.3 is 9.84 Å². The van der Waals surface area contributed by atoms with E-state index in [1.807, 2.05) is 55.5 Å². The van der Waals surface area contributed by atoms with Gasteiger partial charge in [-0.3, -0.25) is 9.59 Å². The molecule has 8 heteroatoms. The number of carbonyl (C=O) groups is 3. The molecule has 0 amide bonds. The second-order valence-corrected chi connectivity index (χ2v) is 13.8. The molecule has 2 aromatic rings. The summed E-state index contributed by atoms with van der Waals surface area (Å²) >= 11 is 5.79. The van der Waals surface area contributed by atoms with E-state index in [-0.39, 0.29) is 31.0 Å². The number of thiol groups is 1. The van der Waals surface area contributed by atoms with Gasteiger partial charge in [0.1, 0.15) is 0 Å². The average Bonchev–Trinajstić information content (AvgIpc) is 3.23. The molecule has 0 bridgehead atoms. The highest BCUT2D eigenvalue weighted by Crippen LogP contribution is 2.70. The van der Waals surface area contributed by atoms with Crippen LogP contribution in [0.4, 0.5) is 4.39 Å². The minimum absolute atomic E-state index is 0.0679. The van der Waals surface area contributed by atoms with E-state index in [0.717, 1.165) is 9.79 Å². The van der Waals surface area contributed by atoms with E-state index in [4.69, 9.17) is 4.74 Å². The molecule has 7 atom stereocenters. The van der Waals surface area contributed by atoms with Crippen molar-refractivity contribution < 1.29 is 28.6 Å². The van der Waals surface area contributed by atoms with Gasteiger partial charge in [-0.1, -0.05) is 54.6 Å². The fraction of sp³-hybridized carbons (Fsp3) is 0.424. The molecule has 6 rings (SSSR count). The number of halogens is 1. The SMILES string of the molecule is C[C@]12C=CC(=O)CC1=CC[C@H]1[C@@H]3CC[C@](OC(=O)c4ccc(Sc5ccccc5)cc4)(C(=O)S)[C@@]3(C)C[C@H](O)[C@@]12F. The molecule has 2 fully saturated rings. The maximum absolute atomic E-state index is 17.4. The lowest BCUT2D eigenvalue weighted by atomic mass is 9.45. The Morgan fingerprint density at radius 1 is 1.05 bits per heavy atom. The van der Waals surface area contributed by atoms with Crippen LogP contribution in [0.1, 0.15) is 56.3 Å². The molecule has 1 N–H and O–H groups in total. The van der Waals surface area contributed by atoms with Crippen molar-refractivity contribution in [2.75, 3.05) is 0 Å². The van der Waals surface area contributed by atoms with Gasteiger partial charge in [-0.25, -0.2) is 9.18 Å². The first-order valence-electron chi connectivity index (χ1n) is 14.0. The number of rotatable bonds is 5. The van der Waals surface area contributed by atoms with Crippen molar-refractivity contribution in [2.45, 2.75) is 73.1 Å². The quantitative estimate of drug-likeness (QED) is 0.233. The minimum Gasteiger partial charge on any atom is -0.446 e. The molecule has 2 saturated carbocycles. The van der Waals surface area contributed by atoms with Crippen LogP contribution in [-0.2, 0) is 14.3 Å². The van der Waals surface area contributed by atoms with Crippen molar-refractivity contribution in [1.82, 2.24) is 0 Å². The number of esters is 1. The first-order chi connectivity index (χ1) is 19.4. The van der Waals surface area contributed by atoms with Crippen LogP contribution >= 0.6 is 24.4 Å². The Morgan fingerprint density at radius 3 is 2.41 bits per heavy atom. The lowest BCUT2D eigenvalue weighted by Gasteiger charge is -2.62. The number of alkyl halides is 1. The topological polar surface area (TPSA) is 80.7 Å². The van der Waals surface area contributed by atoms with Crippen LogP contribution in [0.15, 0.2) is 88.2 Å². The minimum atomic E-state index is -2.02. The van der Waals surface area contributed by atoms with E-state index in [2.05, 4.69) is 12.6 Å². The van der Waals surface area contributed by atoms with Crippen molar-refractivity contribution in [3.8, 4) is 0 Å². The number of ether oxygens (including phenoxy) is 1. The van der Waals surface area contributed by atoms with Crippen molar-refractivity contribution in [3.63, 3.8) is 0 Å². The highest BCUT2D eigenvalue weighted by atomic mass is 32.2. The van der Waals surface area contributed by atoms with Gasteiger partial charge in [-0.2, -0.15) is 0 Å². The third-order valence-corrected chi connectivity index (χ3v) is 11.8. The number of aliphatic hydroxyl groups excluding tert-OH is 1. The largest absolute Gasteiger partial charge is 0.446 e. The number of benzene rings is 2. The summed E-state index contributed by atoms with van der Waals surface area (Å²) < 4.78 is 23.5. The van der Waals surface area contributed by atoms with Crippen molar-refractivity contribution in [1.29, 1.82) is 0 Å². The number of hydrogen-bond donors (Lipinski definition) is 2. The molecule has 41 heavy (non-hydrogen) atoms. The summed E-state index contributed by atoms with van der Waals surface area (Å²) in [7, 11) is 0. The van der Waals surface area contributed by atoms with Crippen LogP contribution in [0.3, 0.4) is 0 Å². The van der Waals surface area contributed by atoms with Gasteiger partial charge in [0, 0.05) is 33.0 Å². The molecule has 4 aliphatic rings. The maximum atomic E-state index is 17.4. The molecule has 5 nitrogen and oxygen atoms in total. The highest BCUT2D eigenvalue weighted by Gasteiger charge is 2.75. The molecule has 2 aromatic carbocycles. The molecule has 214 valence electrons. The zero-order valence-corrected chi connectivity index (χ0v) is 24.7. The standard InChI is InChI=1S/C33H33FO5S2/c1-30-16-14-22(35)18-21(30)10-13-26-25-15-17-32(29(38)40,31(25,2)19-27(36)33(26,30)34)39-28(37)20-8-11-24(12-9-20)41-23-6-4-3-5-7-23/h3-12,14,16,25-27,36H,13,15,17-19H2,1-2H3,(H,38,40)/t25-,26-,27-,30-,31-,32-,33-/m0/s1. The van der Waals surface area contributed by atoms with E-state index in [0.29, 0.717) is 24.0 Å². The first-order valence-corrected chi connectivity index (χ1v) is 15.3. The number of carbonyl (C=O) groups excluding carboxylic acids is 3. The van der Waals surface area contributed by atoms with Crippen molar-refractivity contribution >= 4 is 41.3 Å². The summed E-state index contributed by atoms with van der Waals surface area (Å²) in [5.41, 5.74) is -4.79. The highest BCUT2D eigenvalue weighted by molar-refractivity contribution is 7.99. The van der Waals surface area contributed by atoms with Gasteiger partial charge in [-0.05, 0) is 81.0 Å². The summed E-state index contributed by atoms with van der Waals surface area (Å²) in [6.45, 7) is 3.59.